The summed E-state index contributed by atoms with van der Waals surface area (Å²) in [7, 11) is 0. The summed E-state index contributed by atoms with van der Waals surface area (Å²) in [6, 6.07) is 0.636. The molecular formula is C10H21N3O2. The summed E-state index contributed by atoms with van der Waals surface area (Å²) in [5.74, 6) is 4.59. The number of nitrogens with two attached hydrogens (primary N) is 1. The van der Waals surface area contributed by atoms with Crippen LogP contribution in [-0.4, -0.2) is 30.0 Å². The second kappa shape index (κ2) is 6.76. The van der Waals surface area contributed by atoms with Crippen molar-refractivity contribution in [2.24, 2.45) is 5.84 Å². The average molecular weight is 215 g/mol. The van der Waals surface area contributed by atoms with Crippen molar-refractivity contribution in [3.8, 4) is 0 Å². The van der Waals surface area contributed by atoms with Crippen LogP contribution in [0.15, 0.2) is 0 Å². The van der Waals surface area contributed by atoms with Gasteiger partial charge in [0.05, 0.1) is 6.42 Å². The van der Waals surface area contributed by atoms with Gasteiger partial charge in [-0.1, -0.05) is 18.9 Å². The topological polar surface area (TPSA) is 67.6 Å². The smallest absolute Gasteiger partial charge is 0.327 e. The van der Waals surface area contributed by atoms with Crippen molar-refractivity contribution < 1.29 is 9.63 Å². The van der Waals surface area contributed by atoms with Crippen molar-refractivity contribution in [3.63, 3.8) is 0 Å². The number of likely N-dealkylation sites (tertiary alicyclic amines) is 1. The Labute approximate surface area is 90.9 Å². The molecule has 1 fully saturated rings. The highest BCUT2D eigenvalue weighted by molar-refractivity contribution is 5.69. The molecule has 0 saturated carbocycles. The fourth-order valence-electron chi connectivity index (χ4n) is 2.17. The highest BCUT2D eigenvalue weighted by Gasteiger charge is 2.21. The zero-order valence-corrected chi connectivity index (χ0v) is 9.37. The van der Waals surface area contributed by atoms with Gasteiger partial charge < -0.3 is 4.84 Å². The number of piperidine rings is 1. The second-order valence-electron chi connectivity index (χ2n) is 3.94. The molecule has 5 nitrogen and oxygen atoms in total. The number of carbonyl (C=O) groups excluding carboxylic acids is 1. The molecule has 0 bridgehead atoms. The van der Waals surface area contributed by atoms with E-state index < -0.39 is 0 Å². The molecule has 1 saturated heterocycles. The zero-order chi connectivity index (χ0) is 11.1. The van der Waals surface area contributed by atoms with E-state index in [9.17, 15) is 4.79 Å². The summed E-state index contributed by atoms with van der Waals surface area (Å²) >= 11 is 0. The number of hydrazine groups is 1. The molecule has 0 aromatic rings. The molecule has 1 aliphatic rings. The number of carbonyl (C=O) groups is 1. The number of hydrogen-bond donors (Lipinski definition) is 2. The predicted octanol–water partition coefficient (Wildman–Crippen LogP) is 0.563. The summed E-state index contributed by atoms with van der Waals surface area (Å²) in [5, 5.41) is 0. The Morgan fingerprint density at radius 1 is 1.60 bits per heavy atom. The molecule has 1 rings (SSSR count). The van der Waals surface area contributed by atoms with Gasteiger partial charge >= 0.3 is 5.97 Å². The van der Waals surface area contributed by atoms with Crippen molar-refractivity contribution in [3.05, 3.63) is 0 Å². The molecule has 5 heteroatoms. The normalized spacial score (nSPS) is 22.7. The Hall–Kier alpha value is -0.650. The number of rotatable bonds is 5. The molecule has 3 N–H and O–H groups in total. The van der Waals surface area contributed by atoms with Crippen LogP contribution in [0.5, 0.6) is 0 Å². The standard InChI is InChI=1S/C10H21N3O2/c1-2-9-5-3-4-7-13(9)8-6-10(14)15-12-11/h9,12H,2-8,11H2,1H3. The molecule has 15 heavy (non-hydrogen) atoms. The molecule has 0 aliphatic carbocycles. The van der Waals surface area contributed by atoms with Gasteiger partial charge in [0.15, 0.2) is 0 Å². The first-order valence-electron chi connectivity index (χ1n) is 5.67. The minimum Gasteiger partial charge on any atom is -0.356 e. The molecule has 1 atom stereocenters. The molecule has 0 spiro atoms. The first-order chi connectivity index (χ1) is 7.27. The monoisotopic (exact) mass is 215 g/mol. The molecular weight excluding hydrogens is 194 g/mol. The van der Waals surface area contributed by atoms with E-state index in [1.54, 1.807) is 0 Å². The van der Waals surface area contributed by atoms with E-state index in [0.717, 1.165) is 19.5 Å². The third-order valence-electron chi connectivity index (χ3n) is 3.00. The molecule has 0 aromatic heterocycles. The van der Waals surface area contributed by atoms with E-state index in [-0.39, 0.29) is 5.97 Å². The van der Waals surface area contributed by atoms with Crippen molar-refractivity contribution in [2.75, 3.05) is 13.1 Å². The summed E-state index contributed by atoms with van der Waals surface area (Å²) < 4.78 is 0. The molecule has 0 amide bonds. The van der Waals surface area contributed by atoms with Crippen molar-refractivity contribution in [1.82, 2.24) is 10.5 Å². The van der Waals surface area contributed by atoms with Crippen LogP contribution in [-0.2, 0) is 9.63 Å². The van der Waals surface area contributed by atoms with E-state index >= 15 is 0 Å². The van der Waals surface area contributed by atoms with Crippen LogP contribution in [0.25, 0.3) is 0 Å². The van der Waals surface area contributed by atoms with Crippen LogP contribution in [0.3, 0.4) is 0 Å². The third kappa shape index (κ3) is 4.15. The number of hydrogen-bond acceptors (Lipinski definition) is 5. The quantitative estimate of drug-likeness (QED) is 0.518. The van der Waals surface area contributed by atoms with Gasteiger partial charge in [0.2, 0.25) is 0 Å². The molecule has 1 heterocycles. The summed E-state index contributed by atoms with van der Waals surface area (Å²) in [5.41, 5.74) is 1.91. The second-order valence-corrected chi connectivity index (χ2v) is 3.94. The van der Waals surface area contributed by atoms with E-state index in [2.05, 4.69) is 16.7 Å². The average Bonchev–Trinajstić information content (AvgIpc) is 2.27. The Kier molecular flexibility index (Phi) is 5.60. The van der Waals surface area contributed by atoms with Gasteiger partial charge in [-0.05, 0) is 25.8 Å². The van der Waals surface area contributed by atoms with E-state index in [1.807, 2.05) is 5.59 Å². The molecule has 0 aromatic carbocycles. The first-order valence-corrected chi connectivity index (χ1v) is 5.67. The van der Waals surface area contributed by atoms with Gasteiger partial charge in [0.25, 0.3) is 0 Å². The minimum atomic E-state index is -0.294. The minimum absolute atomic E-state index is 0.294. The van der Waals surface area contributed by atoms with Gasteiger partial charge in [-0.3, -0.25) is 9.69 Å². The van der Waals surface area contributed by atoms with E-state index in [0.29, 0.717) is 12.5 Å². The zero-order valence-electron chi connectivity index (χ0n) is 9.37. The van der Waals surface area contributed by atoms with Crippen molar-refractivity contribution in [1.29, 1.82) is 0 Å². The Morgan fingerprint density at radius 2 is 2.40 bits per heavy atom. The van der Waals surface area contributed by atoms with Gasteiger partial charge in [0, 0.05) is 12.6 Å². The summed E-state index contributed by atoms with van der Waals surface area (Å²) in [6.45, 7) is 4.07. The van der Waals surface area contributed by atoms with Gasteiger partial charge in [-0.15, -0.1) is 0 Å². The fraction of sp³-hybridized carbons (Fsp3) is 0.900. The highest BCUT2D eigenvalue weighted by Crippen LogP contribution is 2.19. The summed E-state index contributed by atoms with van der Waals surface area (Å²) in [6.07, 6.45) is 5.36. The SMILES string of the molecule is CCC1CCCCN1CCC(=O)ONN. The van der Waals surface area contributed by atoms with Crippen molar-refractivity contribution >= 4 is 5.97 Å². The van der Waals surface area contributed by atoms with Crippen molar-refractivity contribution in [2.45, 2.75) is 45.1 Å². The van der Waals surface area contributed by atoms with Crippen LogP contribution in [0.4, 0.5) is 0 Å². The van der Waals surface area contributed by atoms with Crippen LogP contribution >= 0.6 is 0 Å². The van der Waals surface area contributed by atoms with Gasteiger partial charge in [0.1, 0.15) is 0 Å². The van der Waals surface area contributed by atoms with E-state index in [4.69, 9.17) is 5.84 Å². The molecule has 0 radical (unpaired) electrons. The van der Waals surface area contributed by atoms with Crippen LogP contribution in [0, 0.1) is 0 Å². The van der Waals surface area contributed by atoms with Gasteiger partial charge in [-0.25, -0.2) is 5.84 Å². The van der Waals surface area contributed by atoms with E-state index in [1.165, 1.54) is 19.3 Å². The maximum atomic E-state index is 11.1. The predicted molar refractivity (Wildman–Crippen MR) is 57.5 cm³/mol. The van der Waals surface area contributed by atoms with Crippen LogP contribution in [0.2, 0.25) is 0 Å². The fourth-order valence-corrected chi connectivity index (χ4v) is 2.17. The largest absolute Gasteiger partial charge is 0.356 e. The number of nitrogens with zero attached hydrogens (tertiary/aromatic N) is 1. The van der Waals surface area contributed by atoms with Gasteiger partial charge in [-0.2, -0.15) is 0 Å². The lowest BCUT2D eigenvalue weighted by atomic mass is 10.00. The first kappa shape index (κ1) is 12.4. The maximum absolute atomic E-state index is 11.1. The Morgan fingerprint density at radius 3 is 3.07 bits per heavy atom. The number of nitrogens with one attached hydrogen (secondary N) is 1. The molecule has 88 valence electrons. The lowest BCUT2D eigenvalue weighted by Gasteiger charge is -2.34. The molecule has 1 aliphatic heterocycles. The van der Waals surface area contributed by atoms with Crippen LogP contribution in [0.1, 0.15) is 39.0 Å². The Balaban J connectivity index is 2.26. The highest BCUT2D eigenvalue weighted by atomic mass is 16.7. The third-order valence-corrected chi connectivity index (χ3v) is 3.00. The lowest BCUT2D eigenvalue weighted by Crippen LogP contribution is -2.40. The Bertz CT molecular complexity index is 199. The summed E-state index contributed by atoms with van der Waals surface area (Å²) in [4.78, 5) is 17.9. The maximum Gasteiger partial charge on any atom is 0.327 e. The lowest BCUT2D eigenvalue weighted by molar-refractivity contribution is -0.151. The molecule has 1 unspecified atom stereocenters. The van der Waals surface area contributed by atoms with Crippen LogP contribution < -0.4 is 11.4 Å².